The number of hydrogen-bond donors (Lipinski definition) is 0. The molecule has 0 atom stereocenters. The van der Waals surface area contributed by atoms with Crippen LogP contribution in [-0.2, 0) is 17.8 Å². The molecule has 0 unspecified atom stereocenters. The second-order valence-electron chi connectivity index (χ2n) is 6.77. The first-order chi connectivity index (χ1) is 13.3. The van der Waals surface area contributed by atoms with Crippen molar-refractivity contribution in [2.24, 2.45) is 0 Å². The fourth-order valence-electron chi connectivity index (χ4n) is 3.84. The van der Waals surface area contributed by atoms with Gasteiger partial charge >= 0.3 is 0 Å². The van der Waals surface area contributed by atoms with Gasteiger partial charge in [-0.25, -0.2) is 4.98 Å². The van der Waals surface area contributed by atoms with E-state index in [1.54, 1.807) is 11.3 Å². The summed E-state index contributed by atoms with van der Waals surface area (Å²) in [5.41, 5.74) is 4.23. The molecule has 0 fully saturated rings. The third kappa shape index (κ3) is 2.84. The molecule has 134 valence electrons. The number of imidazole rings is 1. The molecule has 1 aliphatic heterocycles. The number of aryl methyl sites for hydroxylation is 1. The van der Waals surface area contributed by atoms with E-state index in [-0.39, 0.29) is 5.91 Å². The molecule has 5 heteroatoms. The van der Waals surface area contributed by atoms with Gasteiger partial charge in [-0.05, 0) is 48.1 Å². The number of benzene rings is 2. The van der Waals surface area contributed by atoms with Gasteiger partial charge in [0.25, 0.3) is 0 Å². The predicted molar refractivity (Wildman–Crippen MR) is 110 cm³/mol. The topological polar surface area (TPSA) is 38.1 Å². The maximum Gasteiger partial charge on any atom is 0.247 e. The van der Waals surface area contributed by atoms with Crippen LogP contribution in [0.3, 0.4) is 0 Å². The lowest BCUT2D eigenvalue weighted by Gasteiger charge is -2.29. The summed E-state index contributed by atoms with van der Waals surface area (Å²) in [6, 6.07) is 20.3. The SMILES string of the molecule is O=C(Cn1c(-c2cccs2)nc2ccccc21)N1CCCc2ccccc21. The molecule has 3 heterocycles. The molecular weight excluding hydrogens is 354 g/mol. The molecule has 0 spiro atoms. The van der Waals surface area contributed by atoms with Crippen LogP contribution in [0, 0.1) is 0 Å². The number of nitrogens with zero attached hydrogens (tertiary/aromatic N) is 3. The third-order valence-electron chi connectivity index (χ3n) is 5.10. The highest BCUT2D eigenvalue weighted by atomic mass is 32.1. The number of aromatic nitrogens is 2. The number of carbonyl (C=O) groups is 1. The lowest BCUT2D eigenvalue weighted by atomic mass is 10.0. The molecule has 0 saturated carbocycles. The van der Waals surface area contributed by atoms with Gasteiger partial charge in [-0.2, -0.15) is 0 Å². The van der Waals surface area contributed by atoms with Gasteiger partial charge in [-0.15, -0.1) is 11.3 Å². The van der Waals surface area contributed by atoms with Crippen molar-refractivity contribution in [3.63, 3.8) is 0 Å². The average molecular weight is 373 g/mol. The molecule has 0 aliphatic carbocycles. The van der Waals surface area contributed by atoms with Gasteiger partial charge < -0.3 is 9.47 Å². The van der Waals surface area contributed by atoms with E-state index in [0.29, 0.717) is 6.54 Å². The van der Waals surface area contributed by atoms with Crippen LogP contribution in [0.2, 0.25) is 0 Å². The van der Waals surface area contributed by atoms with Crippen LogP contribution in [0.4, 0.5) is 5.69 Å². The van der Waals surface area contributed by atoms with Gasteiger partial charge in [-0.1, -0.05) is 36.4 Å². The molecular formula is C22H19N3OS. The lowest BCUT2D eigenvalue weighted by molar-refractivity contribution is -0.119. The van der Waals surface area contributed by atoms with Gasteiger partial charge in [0.1, 0.15) is 6.54 Å². The van der Waals surface area contributed by atoms with E-state index in [0.717, 1.165) is 46.8 Å². The van der Waals surface area contributed by atoms with Crippen molar-refractivity contribution in [3.8, 4) is 10.7 Å². The monoisotopic (exact) mass is 373 g/mol. The summed E-state index contributed by atoms with van der Waals surface area (Å²) in [5.74, 6) is 0.980. The van der Waals surface area contributed by atoms with Gasteiger partial charge in [0.15, 0.2) is 5.82 Å². The van der Waals surface area contributed by atoms with Crippen LogP contribution in [0.25, 0.3) is 21.7 Å². The van der Waals surface area contributed by atoms with Crippen molar-refractivity contribution in [1.29, 1.82) is 0 Å². The van der Waals surface area contributed by atoms with Crippen LogP contribution >= 0.6 is 11.3 Å². The zero-order valence-corrected chi connectivity index (χ0v) is 15.7. The quantitative estimate of drug-likeness (QED) is 0.520. The van der Waals surface area contributed by atoms with Gasteiger partial charge in [0, 0.05) is 12.2 Å². The number of para-hydroxylation sites is 3. The van der Waals surface area contributed by atoms with E-state index < -0.39 is 0 Å². The Labute approximate surface area is 161 Å². The molecule has 27 heavy (non-hydrogen) atoms. The highest BCUT2D eigenvalue weighted by Gasteiger charge is 2.24. The highest BCUT2D eigenvalue weighted by molar-refractivity contribution is 7.13. The van der Waals surface area contributed by atoms with E-state index in [1.165, 1.54) is 5.56 Å². The number of amides is 1. The first-order valence-corrected chi connectivity index (χ1v) is 10.1. The summed E-state index contributed by atoms with van der Waals surface area (Å²) in [6.07, 6.45) is 2.04. The maximum atomic E-state index is 13.3. The largest absolute Gasteiger partial charge is 0.314 e. The molecule has 1 aliphatic rings. The summed E-state index contributed by atoms with van der Waals surface area (Å²) < 4.78 is 2.06. The average Bonchev–Trinajstić information content (AvgIpc) is 3.36. The Bertz CT molecular complexity index is 1110. The smallest absolute Gasteiger partial charge is 0.247 e. The zero-order valence-electron chi connectivity index (χ0n) is 14.8. The van der Waals surface area contributed by atoms with Crippen LogP contribution in [-0.4, -0.2) is 22.0 Å². The van der Waals surface area contributed by atoms with Crippen LogP contribution in [0.1, 0.15) is 12.0 Å². The minimum atomic E-state index is 0.114. The minimum Gasteiger partial charge on any atom is -0.314 e. The molecule has 4 nitrogen and oxygen atoms in total. The van der Waals surface area contributed by atoms with E-state index in [4.69, 9.17) is 4.98 Å². The second kappa shape index (κ2) is 6.67. The Balaban J connectivity index is 1.55. The molecule has 2 aromatic heterocycles. The van der Waals surface area contributed by atoms with Crippen molar-refractivity contribution < 1.29 is 4.79 Å². The van der Waals surface area contributed by atoms with E-state index in [9.17, 15) is 4.79 Å². The standard InChI is InChI=1S/C22H19N3OS/c26-21(24-13-5-8-16-7-1-3-10-18(16)24)15-25-19-11-4-2-9-17(19)23-22(25)20-12-6-14-27-20/h1-4,6-7,9-12,14H,5,8,13,15H2. The number of anilines is 1. The normalized spacial score (nSPS) is 13.7. The first kappa shape index (κ1) is 16.3. The molecule has 4 aromatic rings. The molecule has 0 N–H and O–H groups in total. The summed E-state index contributed by atoms with van der Waals surface area (Å²) in [7, 11) is 0. The number of thiophene rings is 1. The van der Waals surface area contributed by atoms with Gasteiger partial charge in [0.05, 0.1) is 15.9 Å². The Morgan fingerprint density at radius 2 is 1.89 bits per heavy atom. The lowest BCUT2D eigenvalue weighted by Crippen LogP contribution is -2.37. The van der Waals surface area contributed by atoms with Gasteiger partial charge in [0.2, 0.25) is 5.91 Å². The van der Waals surface area contributed by atoms with Crippen LogP contribution in [0.15, 0.2) is 66.0 Å². The van der Waals surface area contributed by atoms with E-state index in [1.807, 2.05) is 52.7 Å². The van der Waals surface area contributed by atoms with Crippen molar-refractivity contribution in [3.05, 3.63) is 71.6 Å². The Morgan fingerprint density at radius 3 is 2.78 bits per heavy atom. The summed E-state index contributed by atoms with van der Waals surface area (Å²) in [6.45, 7) is 1.07. The van der Waals surface area contributed by atoms with Gasteiger partial charge in [-0.3, -0.25) is 4.79 Å². The third-order valence-corrected chi connectivity index (χ3v) is 5.97. The fourth-order valence-corrected chi connectivity index (χ4v) is 4.56. The number of rotatable bonds is 3. The molecule has 5 rings (SSSR count). The van der Waals surface area contributed by atoms with Crippen molar-refractivity contribution in [2.75, 3.05) is 11.4 Å². The Hall–Kier alpha value is -2.92. The molecule has 0 radical (unpaired) electrons. The van der Waals surface area contributed by atoms with Crippen molar-refractivity contribution >= 4 is 34.0 Å². The predicted octanol–water partition coefficient (Wildman–Crippen LogP) is 4.74. The molecule has 0 saturated heterocycles. The zero-order chi connectivity index (χ0) is 18.2. The van der Waals surface area contributed by atoms with Crippen LogP contribution < -0.4 is 4.90 Å². The Kier molecular flexibility index (Phi) is 4.02. The van der Waals surface area contributed by atoms with Crippen LogP contribution in [0.5, 0.6) is 0 Å². The fraction of sp³-hybridized carbons (Fsp3) is 0.182. The highest BCUT2D eigenvalue weighted by Crippen LogP contribution is 2.30. The Morgan fingerprint density at radius 1 is 1.04 bits per heavy atom. The summed E-state index contributed by atoms with van der Waals surface area (Å²) in [5, 5.41) is 2.04. The molecule has 2 aromatic carbocycles. The number of fused-ring (bicyclic) bond motifs is 2. The first-order valence-electron chi connectivity index (χ1n) is 9.19. The molecule has 0 bridgehead atoms. The number of carbonyl (C=O) groups excluding carboxylic acids is 1. The minimum absolute atomic E-state index is 0.114. The summed E-state index contributed by atoms with van der Waals surface area (Å²) in [4.78, 5) is 21.1. The second-order valence-corrected chi connectivity index (χ2v) is 7.71. The van der Waals surface area contributed by atoms with Crippen molar-refractivity contribution in [1.82, 2.24) is 9.55 Å². The number of hydrogen-bond acceptors (Lipinski definition) is 3. The maximum absolute atomic E-state index is 13.3. The molecule has 1 amide bonds. The van der Waals surface area contributed by atoms with E-state index in [2.05, 4.69) is 22.8 Å². The summed E-state index contributed by atoms with van der Waals surface area (Å²) >= 11 is 1.65. The van der Waals surface area contributed by atoms with E-state index >= 15 is 0 Å². The van der Waals surface area contributed by atoms with Crippen molar-refractivity contribution in [2.45, 2.75) is 19.4 Å².